The molecule has 1 aliphatic carbocycles. The summed E-state index contributed by atoms with van der Waals surface area (Å²) in [6.07, 6.45) is 4.09. The minimum absolute atomic E-state index is 0.0282. The Morgan fingerprint density at radius 2 is 1.84 bits per heavy atom. The van der Waals surface area contributed by atoms with Crippen molar-refractivity contribution in [2.75, 3.05) is 20.8 Å². The maximum absolute atomic E-state index is 12.8. The van der Waals surface area contributed by atoms with E-state index in [2.05, 4.69) is 0 Å². The van der Waals surface area contributed by atoms with E-state index >= 15 is 0 Å². The number of rotatable bonds is 4. The molecular formula is C19H25NO5. The van der Waals surface area contributed by atoms with Gasteiger partial charge in [0.1, 0.15) is 0 Å². The van der Waals surface area contributed by atoms with Crippen LogP contribution in [0.5, 0.6) is 11.5 Å². The van der Waals surface area contributed by atoms with Crippen molar-refractivity contribution in [3.05, 3.63) is 23.3 Å². The van der Waals surface area contributed by atoms with Crippen LogP contribution < -0.4 is 9.47 Å². The van der Waals surface area contributed by atoms with Crippen molar-refractivity contribution in [1.29, 1.82) is 0 Å². The van der Waals surface area contributed by atoms with Crippen molar-refractivity contribution in [2.24, 2.45) is 5.92 Å². The number of hydrogen-bond donors (Lipinski definition) is 1. The zero-order chi connectivity index (χ0) is 18.0. The van der Waals surface area contributed by atoms with Crippen LogP contribution in [0.4, 0.5) is 0 Å². The van der Waals surface area contributed by atoms with Crippen molar-refractivity contribution in [3.63, 3.8) is 0 Å². The lowest BCUT2D eigenvalue weighted by Gasteiger charge is -2.35. The van der Waals surface area contributed by atoms with Crippen molar-refractivity contribution >= 4 is 11.9 Å². The first-order valence-electron chi connectivity index (χ1n) is 8.79. The van der Waals surface area contributed by atoms with E-state index in [-0.39, 0.29) is 17.9 Å². The molecule has 1 heterocycles. The van der Waals surface area contributed by atoms with Gasteiger partial charge in [-0.15, -0.1) is 0 Å². The molecule has 136 valence electrons. The molecule has 1 fully saturated rings. The second-order valence-corrected chi connectivity index (χ2v) is 6.85. The second-order valence-electron chi connectivity index (χ2n) is 6.85. The number of hydrogen-bond acceptors (Lipinski definition) is 4. The number of carboxylic acid groups (broad SMARTS) is 1. The van der Waals surface area contributed by atoms with Gasteiger partial charge in [0.2, 0.25) is 5.91 Å². The smallest absolute Gasteiger partial charge is 0.306 e. The van der Waals surface area contributed by atoms with Crippen LogP contribution in [-0.2, 0) is 22.4 Å². The standard InChI is InChI=1S/C19H25NO5/c1-24-16-9-12-6-7-20(15-5-3-4-13(8-15)19(22)23)18(21)11-14(12)10-17(16)25-2/h9-10,13,15H,3-8,11H2,1-2H3,(H,22,23). The van der Waals surface area contributed by atoms with E-state index in [4.69, 9.17) is 9.47 Å². The van der Waals surface area contributed by atoms with Gasteiger partial charge in [-0.3, -0.25) is 9.59 Å². The van der Waals surface area contributed by atoms with Crippen LogP contribution in [0.2, 0.25) is 0 Å². The molecular weight excluding hydrogens is 322 g/mol. The summed E-state index contributed by atoms with van der Waals surface area (Å²) in [6.45, 7) is 0.623. The summed E-state index contributed by atoms with van der Waals surface area (Å²) in [5.74, 6) is 0.293. The minimum Gasteiger partial charge on any atom is -0.493 e. The minimum atomic E-state index is -0.746. The monoisotopic (exact) mass is 347 g/mol. The van der Waals surface area contributed by atoms with Gasteiger partial charge < -0.3 is 19.5 Å². The fraction of sp³-hybridized carbons (Fsp3) is 0.579. The lowest BCUT2D eigenvalue weighted by molar-refractivity contribution is -0.145. The van der Waals surface area contributed by atoms with Crippen LogP contribution in [-0.4, -0.2) is 48.7 Å². The Morgan fingerprint density at radius 1 is 1.16 bits per heavy atom. The number of aliphatic carboxylic acids is 1. The highest BCUT2D eigenvalue weighted by Gasteiger charge is 2.34. The number of benzene rings is 1. The first-order chi connectivity index (χ1) is 12.0. The first kappa shape index (κ1) is 17.6. The lowest BCUT2D eigenvalue weighted by Crippen LogP contribution is -2.44. The van der Waals surface area contributed by atoms with E-state index in [0.717, 1.165) is 30.4 Å². The molecule has 0 spiro atoms. The number of carbonyl (C=O) groups is 2. The van der Waals surface area contributed by atoms with Gasteiger partial charge in [-0.25, -0.2) is 0 Å². The fourth-order valence-electron chi connectivity index (χ4n) is 4.05. The Bertz CT molecular complexity index is 672. The zero-order valence-corrected chi connectivity index (χ0v) is 14.8. The van der Waals surface area contributed by atoms with Gasteiger partial charge in [0, 0.05) is 12.6 Å². The molecule has 1 aliphatic heterocycles. The summed E-state index contributed by atoms with van der Waals surface area (Å²) in [7, 11) is 3.19. The molecule has 0 bridgehead atoms. The normalized spacial score (nSPS) is 23.6. The average molecular weight is 347 g/mol. The maximum Gasteiger partial charge on any atom is 0.306 e. The van der Waals surface area contributed by atoms with Gasteiger partial charge in [0.05, 0.1) is 26.6 Å². The number of carbonyl (C=O) groups excluding carboxylic acids is 1. The van der Waals surface area contributed by atoms with Gasteiger partial charge >= 0.3 is 5.97 Å². The molecule has 2 atom stereocenters. The molecule has 1 aromatic rings. The molecule has 6 heteroatoms. The fourth-order valence-corrected chi connectivity index (χ4v) is 4.05. The van der Waals surface area contributed by atoms with Crippen molar-refractivity contribution in [3.8, 4) is 11.5 Å². The molecule has 0 saturated heterocycles. The number of nitrogens with zero attached hydrogens (tertiary/aromatic N) is 1. The number of ether oxygens (including phenoxy) is 2. The molecule has 0 radical (unpaired) electrons. The molecule has 1 aromatic carbocycles. The van der Waals surface area contributed by atoms with Crippen LogP contribution in [0.3, 0.4) is 0 Å². The summed E-state index contributed by atoms with van der Waals surface area (Å²) in [4.78, 5) is 26.0. The van der Waals surface area contributed by atoms with E-state index in [1.807, 2.05) is 17.0 Å². The quantitative estimate of drug-likeness (QED) is 0.904. The van der Waals surface area contributed by atoms with Gasteiger partial charge in [-0.2, -0.15) is 0 Å². The van der Waals surface area contributed by atoms with Gasteiger partial charge in [0.15, 0.2) is 11.5 Å². The maximum atomic E-state index is 12.8. The Hall–Kier alpha value is -2.24. The topological polar surface area (TPSA) is 76.1 Å². The van der Waals surface area contributed by atoms with E-state index in [1.54, 1.807) is 14.2 Å². The van der Waals surface area contributed by atoms with Crippen LogP contribution in [0.25, 0.3) is 0 Å². The molecule has 1 saturated carbocycles. The molecule has 25 heavy (non-hydrogen) atoms. The number of fused-ring (bicyclic) bond motifs is 1. The van der Waals surface area contributed by atoms with Gasteiger partial charge in [-0.1, -0.05) is 6.42 Å². The Labute approximate surface area is 147 Å². The third kappa shape index (κ3) is 3.57. The van der Waals surface area contributed by atoms with Gasteiger partial charge in [0.25, 0.3) is 0 Å². The number of carboxylic acids is 1. The lowest BCUT2D eigenvalue weighted by atomic mass is 9.85. The first-order valence-corrected chi connectivity index (χ1v) is 8.79. The highest BCUT2D eigenvalue weighted by atomic mass is 16.5. The van der Waals surface area contributed by atoms with Crippen molar-refractivity contribution in [1.82, 2.24) is 4.90 Å². The van der Waals surface area contributed by atoms with Gasteiger partial charge in [-0.05, 0) is 48.9 Å². The number of methoxy groups -OCH3 is 2. The second kappa shape index (κ2) is 7.33. The Morgan fingerprint density at radius 3 is 2.48 bits per heavy atom. The molecule has 6 nitrogen and oxygen atoms in total. The van der Waals surface area contributed by atoms with E-state index in [0.29, 0.717) is 37.3 Å². The van der Waals surface area contributed by atoms with E-state index in [1.165, 1.54) is 0 Å². The SMILES string of the molecule is COc1cc2c(cc1OC)CC(=O)N(C1CCCC(C(=O)O)C1)CC2. The zero-order valence-electron chi connectivity index (χ0n) is 14.8. The Balaban J connectivity index is 1.80. The summed E-state index contributed by atoms with van der Waals surface area (Å²) in [5, 5.41) is 9.30. The summed E-state index contributed by atoms with van der Waals surface area (Å²) in [6, 6.07) is 3.86. The highest BCUT2D eigenvalue weighted by molar-refractivity contribution is 5.81. The predicted octanol–water partition coefficient (Wildman–Crippen LogP) is 2.27. The molecule has 3 rings (SSSR count). The predicted molar refractivity (Wildman–Crippen MR) is 92.0 cm³/mol. The number of amides is 1. The van der Waals surface area contributed by atoms with E-state index in [9.17, 15) is 14.7 Å². The van der Waals surface area contributed by atoms with Crippen molar-refractivity contribution in [2.45, 2.75) is 44.6 Å². The van der Waals surface area contributed by atoms with Crippen molar-refractivity contribution < 1.29 is 24.2 Å². The Kier molecular flexibility index (Phi) is 5.16. The summed E-state index contributed by atoms with van der Waals surface area (Å²) >= 11 is 0. The van der Waals surface area contributed by atoms with E-state index < -0.39 is 5.97 Å². The molecule has 2 aliphatic rings. The molecule has 0 aromatic heterocycles. The summed E-state index contributed by atoms with van der Waals surface area (Å²) in [5.41, 5.74) is 2.06. The average Bonchev–Trinajstić information content (AvgIpc) is 2.78. The molecule has 1 amide bonds. The van der Waals surface area contributed by atoms with Crippen LogP contribution in [0, 0.1) is 5.92 Å². The molecule has 2 unspecified atom stereocenters. The highest BCUT2D eigenvalue weighted by Crippen LogP contribution is 2.34. The van der Waals surface area contributed by atoms with Crippen LogP contribution in [0.1, 0.15) is 36.8 Å². The third-order valence-electron chi connectivity index (χ3n) is 5.43. The summed E-state index contributed by atoms with van der Waals surface area (Å²) < 4.78 is 10.7. The molecule has 1 N–H and O–H groups in total. The largest absolute Gasteiger partial charge is 0.493 e. The third-order valence-corrected chi connectivity index (χ3v) is 5.43. The van der Waals surface area contributed by atoms with Crippen LogP contribution in [0.15, 0.2) is 12.1 Å². The van der Waals surface area contributed by atoms with Crippen LogP contribution >= 0.6 is 0 Å².